The van der Waals surface area contributed by atoms with Crippen LogP contribution in [0.5, 0.6) is 0 Å². The maximum absolute atomic E-state index is 11.5. The first-order chi connectivity index (χ1) is 9.47. The molecule has 112 valence electrons. The molecule has 0 aromatic carbocycles. The van der Waals surface area contributed by atoms with Crippen LogP contribution in [-0.4, -0.2) is 42.3 Å². The van der Waals surface area contributed by atoms with Gasteiger partial charge in [0, 0.05) is 18.4 Å². The van der Waals surface area contributed by atoms with Crippen LogP contribution >= 0.6 is 0 Å². The van der Waals surface area contributed by atoms with Crippen molar-refractivity contribution in [2.45, 2.75) is 33.7 Å². The molecule has 0 saturated heterocycles. The van der Waals surface area contributed by atoms with E-state index in [1.54, 1.807) is 6.07 Å². The first kappa shape index (κ1) is 16.4. The molecule has 0 aliphatic rings. The zero-order valence-corrected chi connectivity index (χ0v) is 12.8. The summed E-state index contributed by atoms with van der Waals surface area (Å²) in [6, 6.07) is 1.92. The van der Waals surface area contributed by atoms with E-state index in [0.29, 0.717) is 30.6 Å². The quantitative estimate of drug-likeness (QED) is 0.771. The fourth-order valence-corrected chi connectivity index (χ4v) is 1.66. The molecule has 0 amide bonds. The Morgan fingerprint density at radius 3 is 2.65 bits per heavy atom. The van der Waals surface area contributed by atoms with Crippen molar-refractivity contribution < 1.29 is 14.3 Å². The first-order valence-corrected chi connectivity index (χ1v) is 6.76. The van der Waals surface area contributed by atoms with E-state index in [0.717, 1.165) is 0 Å². The largest absolute Gasteiger partial charge is 0.463 e. The number of nitrogens with zero attached hydrogens (tertiary/aromatic N) is 2. The minimum atomic E-state index is -0.539. The van der Waals surface area contributed by atoms with Gasteiger partial charge in [-0.05, 0) is 19.8 Å². The van der Waals surface area contributed by atoms with Gasteiger partial charge in [-0.2, -0.15) is 0 Å². The summed E-state index contributed by atoms with van der Waals surface area (Å²) in [5.41, 5.74) is 0.710. The Morgan fingerprint density at radius 2 is 2.10 bits per heavy atom. The van der Waals surface area contributed by atoms with Gasteiger partial charge in [-0.1, -0.05) is 13.8 Å². The van der Waals surface area contributed by atoms with Crippen molar-refractivity contribution in [3.63, 3.8) is 0 Å². The van der Waals surface area contributed by atoms with Crippen molar-refractivity contribution >= 4 is 11.8 Å². The van der Waals surface area contributed by atoms with E-state index in [1.807, 2.05) is 13.8 Å². The predicted octanol–water partition coefficient (Wildman–Crippen LogP) is 2.04. The lowest BCUT2D eigenvalue weighted by molar-refractivity contribution is 0.0586. The molecule has 20 heavy (non-hydrogen) atoms. The van der Waals surface area contributed by atoms with E-state index in [4.69, 9.17) is 4.74 Å². The van der Waals surface area contributed by atoms with E-state index < -0.39 is 5.97 Å². The monoisotopic (exact) mass is 281 g/mol. The third-order valence-electron chi connectivity index (χ3n) is 2.86. The molecular weight excluding hydrogens is 258 g/mol. The summed E-state index contributed by atoms with van der Waals surface area (Å²) >= 11 is 0. The number of aryl methyl sites for hydroxylation is 1. The van der Waals surface area contributed by atoms with Crippen LogP contribution in [0.4, 0.5) is 5.82 Å². The van der Waals surface area contributed by atoms with E-state index in [2.05, 4.69) is 33.9 Å². The van der Waals surface area contributed by atoms with E-state index in [9.17, 15) is 4.79 Å². The minimum Gasteiger partial charge on any atom is -0.463 e. The lowest BCUT2D eigenvalue weighted by Gasteiger charge is -2.22. The Hall–Kier alpha value is -1.69. The molecule has 1 aromatic rings. The van der Waals surface area contributed by atoms with Crippen LogP contribution in [0, 0.1) is 12.8 Å². The molecule has 1 aromatic heterocycles. The van der Waals surface area contributed by atoms with Gasteiger partial charge in [-0.25, -0.2) is 14.8 Å². The van der Waals surface area contributed by atoms with Crippen molar-refractivity contribution in [1.29, 1.82) is 0 Å². The molecule has 1 unspecified atom stereocenters. The van der Waals surface area contributed by atoms with Gasteiger partial charge in [0.15, 0.2) is 0 Å². The molecule has 1 atom stereocenters. The molecule has 1 N–H and O–H groups in total. The van der Waals surface area contributed by atoms with Gasteiger partial charge in [0.1, 0.15) is 5.82 Å². The standard InChI is InChI=1S/C14H23N3O3/c1-6-20-8-11(9(2)3)16-12-7-10(4)15-13(17-12)14(18)19-5/h7,9,11H,6,8H2,1-5H3,(H,15,16,17). The number of hydrogen-bond acceptors (Lipinski definition) is 6. The van der Waals surface area contributed by atoms with Crippen molar-refractivity contribution in [2.24, 2.45) is 5.92 Å². The molecule has 0 radical (unpaired) electrons. The van der Waals surface area contributed by atoms with Crippen molar-refractivity contribution in [3.8, 4) is 0 Å². The van der Waals surface area contributed by atoms with E-state index in [-0.39, 0.29) is 11.9 Å². The Kier molecular flexibility index (Phi) is 6.38. The number of carbonyl (C=O) groups excluding carboxylic acids is 1. The second-order valence-electron chi connectivity index (χ2n) is 4.86. The van der Waals surface area contributed by atoms with Gasteiger partial charge in [0.2, 0.25) is 5.82 Å². The third kappa shape index (κ3) is 4.77. The number of rotatable bonds is 7. The SMILES string of the molecule is CCOCC(Nc1cc(C)nc(C(=O)OC)n1)C(C)C. The third-order valence-corrected chi connectivity index (χ3v) is 2.86. The van der Waals surface area contributed by atoms with Gasteiger partial charge in [-0.3, -0.25) is 0 Å². The summed E-state index contributed by atoms with van der Waals surface area (Å²) in [6.45, 7) is 9.23. The highest BCUT2D eigenvalue weighted by molar-refractivity contribution is 5.85. The van der Waals surface area contributed by atoms with Crippen LogP contribution in [0.3, 0.4) is 0 Å². The molecule has 0 aliphatic carbocycles. The maximum atomic E-state index is 11.5. The molecule has 0 spiro atoms. The molecule has 1 heterocycles. The Balaban J connectivity index is 2.89. The van der Waals surface area contributed by atoms with Gasteiger partial charge in [-0.15, -0.1) is 0 Å². The summed E-state index contributed by atoms with van der Waals surface area (Å²) < 4.78 is 10.1. The van der Waals surface area contributed by atoms with Gasteiger partial charge < -0.3 is 14.8 Å². The Labute approximate surface area is 119 Å². The molecule has 1 rings (SSSR count). The van der Waals surface area contributed by atoms with E-state index in [1.165, 1.54) is 7.11 Å². The van der Waals surface area contributed by atoms with Crippen LogP contribution in [0.1, 0.15) is 37.1 Å². The van der Waals surface area contributed by atoms with Crippen molar-refractivity contribution in [2.75, 3.05) is 25.6 Å². The topological polar surface area (TPSA) is 73.3 Å². The minimum absolute atomic E-state index is 0.0638. The van der Waals surface area contributed by atoms with Gasteiger partial charge in [0.05, 0.1) is 19.8 Å². The smallest absolute Gasteiger partial charge is 0.376 e. The lowest BCUT2D eigenvalue weighted by atomic mass is 10.1. The molecule has 0 bridgehead atoms. The Morgan fingerprint density at radius 1 is 1.40 bits per heavy atom. The number of nitrogens with one attached hydrogen (secondary N) is 1. The number of hydrogen-bond donors (Lipinski definition) is 1. The number of aromatic nitrogens is 2. The van der Waals surface area contributed by atoms with Crippen LogP contribution in [0.2, 0.25) is 0 Å². The summed E-state index contributed by atoms with van der Waals surface area (Å²) in [5.74, 6) is 0.506. The molecule has 0 fully saturated rings. The summed E-state index contributed by atoms with van der Waals surface area (Å²) in [4.78, 5) is 19.8. The van der Waals surface area contributed by atoms with Gasteiger partial charge >= 0.3 is 5.97 Å². The highest BCUT2D eigenvalue weighted by Crippen LogP contribution is 2.13. The van der Waals surface area contributed by atoms with E-state index >= 15 is 0 Å². The number of carbonyl (C=O) groups is 1. The second-order valence-corrected chi connectivity index (χ2v) is 4.86. The number of ether oxygens (including phenoxy) is 2. The summed E-state index contributed by atoms with van der Waals surface area (Å²) in [7, 11) is 1.31. The zero-order valence-electron chi connectivity index (χ0n) is 12.8. The van der Waals surface area contributed by atoms with Crippen LogP contribution in [0.25, 0.3) is 0 Å². The van der Waals surface area contributed by atoms with Crippen LogP contribution in [-0.2, 0) is 9.47 Å². The normalized spacial score (nSPS) is 12.3. The molecule has 6 heteroatoms. The number of esters is 1. The molecule has 6 nitrogen and oxygen atoms in total. The number of methoxy groups -OCH3 is 1. The first-order valence-electron chi connectivity index (χ1n) is 6.76. The maximum Gasteiger partial charge on any atom is 0.376 e. The van der Waals surface area contributed by atoms with Gasteiger partial charge in [0.25, 0.3) is 0 Å². The second kappa shape index (κ2) is 7.79. The Bertz CT molecular complexity index is 449. The highest BCUT2D eigenvalue weighted by atomic mass is 16.5. The molecular formula is C14H23N3O3. The van der Waals surface area contributed by atoms with Crippen molar-refractivity contribution in [1.82, 2.24) is 9.97 Å². The fourth-order valence-electron chi connectivity index (χ4n) is 1.66. The average Bonchev–Trinajstić information content (AvgIpc) is 2.41. The highest BCUT2D eigenvalue weighted by Gasteiger charge is 2.16. The summed E-state index contributed by atoms with van der Waals surface area (Å²) in [6.07, 6.45) is 0. The average molecular weight is 281 g/mol. The zero-order chi connectivity index (χ0) is 15.1. The van der Waals surface area contributed by atoms with Crippen molar-refractivity contribution in [3.05, 3.63) is 17.6 Å². The van der Waals surface area contributed by atoms with Crippen LogP contribution < -0.4 is 5.32 Å². The summed E-state index contributed by atoms with van der Waals surface area (Å²) in [5, 5.41) is 3.29. The fraction of sp³-hybridized carbons (Fsp3) is 0.643. The van der Waals surface area contributed by atoms with Crippen LogP contribution in [0.15, 0.2) is 6.07 Å². The molecule has 0 aliphatic heterocycles. The lowest BCUT2D eigenvalue weighted by Crippen LogP contribution is -2.31. The number of anilines is 1. The molecule has 0 saturated carbocycles. The predicted molar refractivity (Wildman–Crippen MR) is 76.9 cm³/mol.